The number of nitrogens with zero attached hydrogens (tertiary/aromatic N) is 5. The van der Waals surface area contributed by atoms with Gasteiger partial charge in [0.1, 0.15) is 12.9 Å². The van der Waals surface area contributed by atoms with Crippen LogP contribution in [-0.4, -0.2) is 30.5 Å². The lowest BCUT2D eigenvalue weighted by molar-refractivity contribution is -0.141. The normalized spacial score (nSPS) is 11.6. The molecule has 0 unspecified atom stereocenters. The van der Waals surface area contributed by atoms with Crippen molar-refractivity contribution in [2.75, 3.05) is 5.32 Å². The number of nitrogens with one attached hydrogen (secondary N) is 1. The number of anilines is 1. The van der Waals surface area contributed by atoms with Crippen molar-refractivity contribution in [2.45, 2.75) is 26.2 Å². The number of alkyl halides is 3. The van der Waals surface area contributed by atoms with Crippen molar-refractivity contribution in [1.29, 1.82) is 0 Å². The largest absolute Gasteiger partial charge is 0.435 e. The van der Waals surface area contributed by atoms with Crippen LogP contribution in [0, 0.1) is 6.92 Å². The molecular formula is C16H13Cl2F3N6O. The average molecular weight is 433 g/mol. The first kappa shape index (κ1) is 20.2. The van der Waals surface area contributed by atoms with E-state index in [1.807, 2.05) is 0 Å². The van der Waals surface area contributed by atoms with Crippen molar-refractivity contribution in [1.82, 2.24) is 24.5 Å². The van der Waals surface area contributed by atoms with Crippen LogP contribution in [0.5, 0.6) is 0 Å². The molecule has 0 radical (unpaired) electrons. The van der Waals surface area contributed by atoms with E-state index in [0.717, 1.165) is 10.7 Å². The van der Waals surface area contributed by atoms with Crippen molar-refractivity contribution in [2.24, 2.45) is 0 Å². The van der Waals surface area contributed by atoms with Gasteiger partial charge in [-0.15, -0.1) is 5.10 Å². The van der Waals surface area contributed by atoms with Gasteiger partial charge in [0.15, 0.2) is 5.69 Å². The fourth-order valence-corrected chi connectivity index (χ4v) is 2.90. The number of carbonyl (C=O) groups excluding carboxylic acids is 1. The number of aromatic nitrogens is 5. The van der Waals surface area contributed by atoms with Gasteiger partial charge in [-0.3, -0.25) is 14.8 Å². The zero-order valence-corrected chi connectivity index (χ0v) is 15.8. The quantitative estimate of drug-likeness (QED) is 0.664. The van der Waals surface area contributed by atoms with E-state index in [2.05, 4.69) is 20.5 Å². The van der Waals surface area contributed by atoms with E-state index in [1.54, 1.807) is 18.2 Å². The van der Waals surface area contributed by atoms with Crippen LogP contribution in [0.15, 0.2) is 30.6 Å². The number of carbonyl (C=O) groups is 1. The third kappa shape index (κ3) is 4.63. The van der Waals surface area contributed by atoms with E-state index in [1.165, 1.54) is 17.9 Å². The predicted octanol–water partition coefficient (Wildman–Crippen LogP) is 3.80. The van der Waals surface area contributed by atoms with E-state index in [9.17, 15) is 18.0 Å². The Kier molecular flexibility index (Phi) is 5.61. The van der Waals surface area contributed by atoms with Crippen LogP contribution in [-0.2, 0) is 24.1 Å². The monoisotopic (exact) mass is 432 g/mol. The van der Waals surface area contributed by atoms with E-state index >= 15 is 0 Å². The first-order chi connectivity index (χ1) is 13.1. The van der Waals surface area contributed by atoms with E-state index in [0.29, 0.717) is 15.6 Å². The molecule has 3 rings (SSSR count). The third-order valence-electron chi connectivity index (χ3n) is 3.73. The van der Waals surface area contributed by atoms with Crippen molar-refractivity contribution in [3.8, 4) is 0 Å². The minimum atomic E-state index is -4.58. The highest BCUT2D eigenvalue weighted by molar-refractivity contribution is 6.35. The second-order valence-electron chi connectivity index (χ2n) is 5.84. The third-order valence-corrected chi connectivity index (χ3v) is 4.44. The second kappa shape index (κ2) is 7.80. The van der Waals surface area contributed by atoms with Gasteiger partial charge in [0.25, 0.3) is 0 Å². The van der Waals surface area contributed by atoms with Crippen LogP contribution < -0.4 is 5.32 Å². The molecule has 1 amide bonds. The number of aryl methyl sites for hydroxylation is 1. The molecule has 2 heterocycles. The number of amides is 1. The molecule has 0 aliphatic rings. The molecule has 3 aromatic rings. The maximum Gasteiger partial charge on any atom is 0.435 e. The smallest absolute Gasteiger partial charge is 0.292 e. The molecule has 1 aromatic carbocycles. The molecule has 0 saturated heterocycles. The Hall–Kier alpha value is -2.59. The summed E-state index contributed by atoms with van der Waals surface area (Å²) in [5.41, 5.74) is -0.216. The first-order valence-electron chi connectivity index (χ1n) is 7.87. The average Bonchev–Trinajstić information content (AvgIpc) is 3.18. The highest BCUT2D eigenvalue weighted by atomic mass is 35.5. The molecular weight excluding hydrogens is 420 g/mol. The summed E-state index contributed by atoms with van der Waals surface area (Å²) >= 11 is 12.2. The number of halogens is 5. The Labute approximate surface area is 167 Å². The standard InChI is InChI=1S/C16H13Cl2F3N6O/c1-9-5-13(16(19,20)21)24-27(9)7-14(28)23-15-22-8-26(25-15)6-10-11(17)3-2-4-12(10)18/h2-5,8H,6-7H2,1H3,(H,23,25,28). The molecule has 28 heavy (non-hydrogen) atoms. The van der Waals surface area contributed by atoms with Crippen LogP contribution >= 0.6 is 23.2 Å². The molecule has 148 valence electrons. The summed E-state index contributed by atoms with van der Waals surface area (Å²) in [6, 6.07) is 5.95. The Morgan fingerprint density at radius 3 is 2.50 bits per heavy atom. The van der Waals surface area contributed by atoms with Crippen molar-refractivity contribution in [3.63, 3.8) is 0 Å². The Morgan fingerprint density at radius 1 is 1.21 bits per heavy atom. The minimum absolute atomic E-state index is 0.00553. The maximum absolute atomic E-state index is 12.7. The number of hydrogen-bond donors (Lipinski definition) is 1. The van der Waals surface area contributed by atoms with Gasteiger partial charge in [-0.2, -0.15) is 18.3 Å². The fourth-order valence-electron chi connectivity index (χ4n) is 2.38. The molecule has 0 atom stereocenters. The topological polar surface area (TPSA) is 77.6 Å². The lowest BCUT2D eigenvalue weighted by Gasteiger charge is -2.06. The summed E-state index contributed by atoms with van der Waals surface area (Å²) in [5.74, 6) is -0.623. The molecule has 0 bridgehead atoms. The molecule has 0 aliphatic carbocycles. The van der Waals surface area contributed by atoms with Crippen LogP contribution in [0.4, 0.5) is 19.1 Å². The fraction of sp³-hybridized carbons (Fsp3) is 0.250. The second-order valence-corrected chi connectivity index (χ2v) is 6.65. The Morgan fingerprint density at radius 2 is 1.89 bits per heavy atom. The molecule has 12 heteroatoms. The van der Waals surface area contributed by atoms with Crippen LogP contribution in [0.3, 0.4) is 0 Å². The summed E-state index contributed by atoms with van der Waals surface area (Å²) in [7, 11) is 0. The van der Waals surface area contributed by atoms with Gasteiger partial charge in [-0.25, -0.2) is 9.67 Å². The SMILES string of the molecule is Cc1cc(C(F)(F)F)nn1CC(=O)Nc1ncn(Cc2c(Cl)cccc2Cl)n1. The van der Waals surface area contributed by atoms with Crippen molar-refractivity contribution < 1.29 is 18.0 Å². The zero-order chi connectivity index (χ0) is 20.5. The molecule has 7 nitrogen and oxygen atoms in total. The highest BCUT2D eigenvalue weighted by Gasteiger charge is 2.34. The first-order valence-corrected chi connectivity index (χ1v) is 8.63. The summed E-state index contributed by atoms with van der Waals surface area (Å²) in [6.07, 6.45) is -3.21. The summed E-state index contributed by atoms with van der Waals surface area (Å²) in [4.78, 5) is 16.0. The van der Waals surface area contributed by atoms with Gasteiger partial charge < -0.3 is 0 Å². The van der Waals surface area contributed by atoms with Gasteiger partial charge in [-0.05, 0) is 25.1 Å². The van der Waals surface area contributed by atoms with Crippen LogP contribution in [0.25, 0.3) is 0 Å². The van der Waals surface area contributed by atoms with Gasteiger partial charge in [0, 0.05) is 21.3 Å². The van der Waals surface area contributed by atoms with E-state index in [4.69, 9.17) is 23.2 Å². The van der Waals surface area contributed by atoms with Crippen molar-refractivity contribution >= 4 is 35.1 Å². The van der Waals surface area contributed by atoms with Crippen LogP contribution in [0.2, 0.25) is 10.0 Å². The molecule has 1 N–H and O–H groups in total. The zero-order valence-electron chi connectivity index (χ0n) is 14.3. The molecule has 0 spiro atoms. The molecule has 0 saturated carbocycles. The van der Waals surface area contributed by atoms with Crippen LogP contribution in [0.1, 0.15) is 17.0 Å². The lowest BCUT2D eigenvalue weighted by atomic mass is 10.2. The lowest BCUT2D eigenvalue weighted by Crippen LogP contribution is -2.21. The number of benzene rings is 1. The van der Waals surface area contributed by atoms with E-state index < -0.39 is 24.3 Å². The molecule has 0 fully saturated rings. The van der Waals surface area contributed by atoms with E-state index in [-0.39, 0.29) is 18.2 Å². The van der Waals surface area contributed by atoms with Gasteiger partial charge >= 0.3 is 6.18 Å². The van der Waals surface area contributed by atoms with Gasteiger partial charge in [0.2, 0.25) is 11.9 Å². The number of hydrogen-bond acceptors (Lipinski definition) is 4. The maximum atomic E-state index is 12.7. The van der Waals surface area contributed by atoms with Gasteiger partial charge in [0.05, 0.1) is 6.54 Å². The minimum Gasteiger partial charge on any atom is -0.292 e. The molecule has 0 aliphatic heterocycles. The summed E-state index contributed by atoms with van der Waals surface area (Å²) in [6.45, 7) is 1.25. The van der Waals surface area contributed by atoms with Gasteiger partial charge in [-0.1, -0.05) is 29.3 Å². The summed E-state index contributed by atoms with van der Waals surface area (Å²) in [5, 5.41) is 10.8. The summed E-state index contributed by atoms with van der Waals surface area (Å²) < 4.78 is 40.4. The highest BCUT2D eigenvalue weighted by Crippen LogP contribution is 2.28. The predicted molar refractivity (Wildman–Crippen MR) is 96.2 cm³/mol. The number of rotatable bonds is 5. The molecule has 2 aromatic heterocycles. The Balaban J connectivity index is 1.65. The van der Waals surface area contributed by atoms with Crippen molar-refractivity contribution in [3.05, 3.63) is 57.6 Å². The Bertz CT molecular complexity index is 994.